The molecule has 1 N–H and O–H groups in total. The zero-order chi connectivity index (χ0) is 18.7. The third-order valence-corrected chi connectivity index (χ3v) is 5.36. The Morgan fingerprint density at radius 3 is 2.65 bits per heavy atom. The van der Waals surface area contributed by atoms with Crippen molar-refractivity contribution in [3.8, 4) is 0 Å². The van der Waals surface area contributed by atoms with Crippen LogP contribution < -0.4 is 10.2 Å². The fourth-order valence-electron chi connectivity index (χ4n) is 3.66. The van der Waals surface area contributed by atoms with Gasteiger partial charge in [0.1, 0.15) is 5.76 Å². The number of carbonyl (C=O) groups is 1. The number of aryl methyl sites for hydroxylation is 2. The highest BCUT2D eigenvalue weighted by atomic mass is 16.3. The lowest BCUT2D eigenvalue weighted by Crippen LogP contribution is -2.35. The van der Waals surface area contributed by atoms with Crippen molar-refractivity contribution in [2.24, 2.45) is 0 Å². The predicted molar refractivity (Wildman–Crippen MR) is 101 cm³/mol. The summed E-state index contributed by atoms with van der Waals surface area (Å²) in [5.41, 5.74) is 2.39. The van der Waals surface area contributed by atoms with Crippen molar-refractivity contribution in [3.05, 3.63) is 41.1 Å². The third-order valence-electron chi connectivity index (χ3n) is 5.36. The molecule has 0 bridgehead atoms. The van der Waals surface area contributed by atoms with Gasteiger partial charge in [-0.2, -0.15) is 0 Å². The van der Waals surface area contributed by atoms with Gasteiger partial charge >= 0.3 is 0 Å². The summed E-state index contributed by atoms with van der Waals surface area (Å²) in [7, 11) is 2.08. The smallest absolute Gasteiger partial charge is 0.255 e. The van der Waals surface area contributed by atoms with Crippen LogP contribution in [0.5, 0.6) is 0 Å². The number of aromatic nitrogens is 2. The molecule has 1 amide bonds. The molecular weight excluding hydrogens is 328 g/mol. The van der Waals surface area contributed by atoms with Gasteiger partial charge in [0.05, 0.1) is 17.9 Å². The van der Waals surface area contributed by atoms with E-state index in [0.717, 1.165) is 17.2 Å². The van der Waals surface area contributed by atoms with Crippen molar-refractivity contribution in [3.63, 3.8) is 0 Å². The molecular formula is C20H28N4O2. The normalized spacial score (nSPS) is 16.3. The Kier molecular flexibility index (Phi) is 5.59. The van der Waals surface area contributed by atoms with E-state index in [2.05, 4.69) is 22.2 Å². The first kappa shape index (κ1) is 18.4. The van der Waals surface area contributed by atoms with Crippen LogP contribution in [0.1, 0.15) is 72.4 Å². The van der Waals surface area contributed by atoms with Gasteiger partial charge in [-0.1, -0.05) is 19.3 Å². The van der Waals surface area contributed by atoms with Crippen LogP contribution in [0.15, 0.2) is 22.9 Å². The van der Waals surface area contributed by atoms with Crippen LogP contribution in [0.4, 0.5) is 5.95 Å². The summed E-state index contributed by atoms with van der Waals surface area (Å²) >= 11 is 0. The molecule has 1 aliphatic rings. The van der Waals surface area contributed by atoms with Crippen LogP contribution in [-0.4, -0.2) is 29.0 Å². The predicted octanol–water partition coefficient (Wildman–Crippen LogP) is 3.95. The van der Waals surface area contributed by atoms with E-state index in [-0.39, 0.29) is 11.9 Å². The average Bonchev–Trinajstić information content (AvgIpc) is 3.07. The molecule has 0 aromatic carbocycles. The minimum Gasteiger partial charge on any atom is -0.469 e. The molecule has 26 heavy (non-hydrogen) atoms. The number of nitrogens with one attached hydrogen (secondary N) is 1. The minimum atomic E-state index is -0.175. The number of hydrogen-bond acceptors (Lipinski definition) is 5. The molecule has 2 heterocycles. The van der Waals surface area contributed by atoms with Crippen LogP contribution in [-0.2, 0) is 0 Å². The van der Waals surface area contributed by atoms with Crippen LogP contribution in [0.2, 0.25) is 0 Å². The first-order chi connectivity index (χ1) is 12.5. The molecule has 2 aromatic rings. The van der Waals surface area contributed by atoms with E-state index in [0.29, 0.717) is 17.4 Å². The molecule has 1 fully saturated rings. The lowest BCUT2D eigenvalue weighted by molar-refractivity contribution is 0.0938. The summed E-state index contributed by atoms with van der Waals surface area (Å²) in [5, 5.41) is 3.00. The summed E-state index contributed by atoms with van der Waals surface area (Å²) in [6.07, 6.45) is 9.67. The van der Waals surface area contributed by atoms with E-state index in [1.807, 2.05) is 20.0 Å². The Morgan fingerprint density at radius 1 is 1.31 bits per heavy atom. The van der Waals surface area contributed by atoms with E-state index in [9.17, 15) is 4.79 Å². The maximum absolute atomic E-state index is 12.4. The van der Waals surface area contributed by atoms with E-state index in [4.69, 9.17) is 9.40 Å². The SMILES string of the molecule is Cc1nc(N(C)C2CCCCC2)ncc1C(C)NC(=O)c1ccoc1C. The second-order valence-corrected chi connectivity index (χ2v) is 7.20. The van der Waals surface area contributed by atoms with Gasteiger partial charge in [-0.3, -0.25) is 4.79 Å². The van der Waals surface area contributed by atoms with Crippen molar-refractivity contribution in [2.45, 2.75) is 65.0 Å². The zero-order valence-corrected chi connectivity index (χ0v) is 16.1. The summed E-state index contributed by atoms with van der Waals surface area (Å²) in [6, 6.07) is 2.03. The van der Waals surface area contributed by atoms with Crippen molar-refractivity contribution >= 4 is 11.9 Å². The topological polar surface area (TPSA) is 71.3 Å². The number of nitrogens with zero attached hydrogens (tertiary/aromatic N) is 3. The lowest BCUT2D eigenvalue weighted by atomic mass is 9.95. The Labute approximate surface area is 155 Å². The highest BCUT2D eigenvalue weighted by molar-refractivity contribution is 5.95. The molecule has 0 saturated heterocycles. The maximum atomic E-state index is 12.4. The zero-order valence-electron chi connectivity index (χ0n) is 16.1. The van der Waals surface area contributed by atoms with Gasteiger partial charge in [0.25, 0.3) is 5.91 Å². The lowest BCUT2D eigenvalue weighted by Gasteiger charge is -2.31. The fourth-order valence-corrected chi connectivity index (χ4v) is 3.66. The number of rotatable bonds is 5. The standard InChI is InChI=1S/C20H28N4O2/c1-13(22-19(25)17-10-11-26-15(17)3)18-12-21-20(23-14(18)2)24(4)16-8-6-5-7-9-16/h10-13,16H,5-9H2,1-4H3,(H,22,25). The summed E-state index contributed by atoms with van der Waals surface area (Å²) in [4.78, 5) is 23.9. The van der Waals surface area contributed by atoms with Crippen LogP contribution in [0, 0.1) is 13.8 Å². The quantitative estimate of drug-likeness (QED) is 0.878. The van der Waals surface area contributed by atoms with Gasteiger partial charge in [-0.25, -0.2) is 9.97 Å². The Bertz CT molecular complexity index is 765. The maximum Gasteiger partial charge on any atom is 0.255 e. The van der Waals surface area contributed by atoms with Crippen LogP contribution in [0.25, 0.3) is 0 Å². The van der Waals surface area contributed by atoms with Gasteiger partial charge in [-0.05, 0) is 39.7 Å². The molecule has 140 valence electrons. The highest BCUT2D eigenvalue weighted by Crippen LogP contribution is 2.25. The molecule has 1 aliphatic carbocycles. The highest BCUT2D eigenvalue weighted by Gasteiger charge is 2.22. The van der Waals surface area contributed by atoms with Gasteiger partial charge in [0.15, 0.2) is 0 Å². The number of hydrogen-bond donors (Lipinski definition) is 1. The number of furan rings is 1. The Hall–Kier alpha value is -2.37. The Morgan fingerprint density at radius 2 is 2.04 bits per heavy atom. The van der Waals surface area contributed by atoms with E-state index in [1.165, 1.54) is 38.4 Å². The largest absolute Gasteiger partial charge is 0.469 e. The molecule has 1 unspecified atom stereocenters. The number of amides is 1. The molecule has 0 aliphatic heterocycles. The molecule has 0 radical (unpaired) electrons. The van der Waals surface area contributed by atoms with Crippen molar-refractivity contribution in [1.29, 1.82) is 0 Å². The molecule has 3 rings (SSSR count). The Balaban J connectivity index is 1.70. The van der Waals surface area contributed by atoms with Gasteiger partial charge in [-0.15, -0.1) is 0 Å². The minimum absolute atomic E-state index is 0.147. The first-order valence-corrected chi connectivity index (χ1v) is 9.38. The monoisotopic (exact) mass is 356 g/mol. The summed E-state index contributed by atoms with van der Waals surface area (Å²) in [6.45, 7) is 5.70. The second kappa shape index (κ2) is 7.89. The molecule has 1 saturated carbocycles. The van der Waals surface area contributed by atoms with Crippen molar-refractivity contribution in [2.75, 3.05) is 11.9 Å². The summed E-state index contributed by atoms with van der Waals surface area (Å²) < 4.78 is 5.21. The first-order valence-electron chi connectivity index (χ1n) is 9.38. The van der Waals surface area contributed by atoms with Gasteiger partial charge in [0, 0.05) is 30.5 Å². The molecule has 2 aromatic heterocycles. The fraction of sp³-hybridized carbons (Fsp3) is 0.550. The van der Waals surface area contributed by atoms with Gasteiger partial charge in [0.2, 0.25) is 5.95 Å². The third kappa shape index (κ3) is 3.89. The van der Waals surface area contributed by atoms with Crippen molar-refractivity contribution in [1.82, 2.24) is 15.3 Å². The average molecular weight is 356 g/mol. The molecule has 0 spiro atoms. The van der Waals surface area contributed by atoms with Crippen LogP contribution >= 0.6 is 0 Å². The van der Waals surface area contributed by atoms with Gasteiger partial charge < -0.3 is 14.6 Å². The molecule has 6 heteroatoms. The van der Waals surface area contributed by atoms with E-state index in [1.54, 1.807) is 13.0 Å². The number of anilines is 1. The van der Waals surface area contributed by atoms with Crippen LogP contribution in [0.3, 0.4) is 0 Å². The molecule has 6 nitrogen and oxygen atoms in total. The number of carbonyl (C=O) groups excluding carboxylic acids is 1. The van der Waals surface area contributed by atoms with E-state index >= 15 is 0 Å². The summed E-state index contributed by atoms with van der Waals surface area (Å²) in [5.74, 6) is 1.24. The van der Waals surface area contributed by atoms with E-state index < -0.39 is 0 Å². The second-order valence-electron chi connectivity index (χ2n) is 7.20. The van der Waals surface area contributed by atoms with Crippen molar-refractivity contribution < 1.29 is 9.21 Å². The molecule has 1 atom stereocenters.